The highest BCUT2D eigenvalue weighted by molar-refractivity contribution is 5.74. The Morgan fingerprint density at radius 2 is 1.91 bits per heavy atom. The Morgan fingerprint density at radius 3 is 2.59 bits per heavy atom. The van der Waals surface area contributed by atoms with Gasteiger partial charge in [0.2, 0.25) is 0 Å². The van der Waals surface area contributed by atoms with E-state index < -0.39 is 0 Å². The maximum absolute atomic E-state index is 5.82. The lowest BCUT2D eigenvalue weighted by atomic mass is 10.0. The van der Waals surface area contributed by atoms with E-state index in [-0.39, 0.29) is 17.7 Å². The van der Waals surface area contributed by atoms with Crippen molar-refractivity contribution in [2.24, 2.45) is 0 Å². The lowest BCUT2D eigenvalue weighted by Gasteiger charge is -2.45. The number of nitrogens with one attached hydrogen (secondary N) is 1. The van der Waals surface area contributed by atoms with Gasteiger partial charge < -0.3 is 14.5 Å². The summed E-state index contributed by atoms with van der Waals surface area (Å²) in [4.78, 5) is 6.94. The molecule has 0 saturated carbocycles. The molecule has 1 aromatic carbocycles. The van der Waals surface area contributed by atoms with Gasteiger partial charge in [-0.25, -0.2) is 0 Å². The zero-order chi connectivity index (χ0) is 15.7. The number of fused-ring (bicyclic) bond motifs is 1. The predicted molar refractivity (Wildman–Crippen MR) is 88.2 cm³/mol. The topological polar surface area (TPSA) is 50.5 Å². The van der Waals surface area contributed by atoms with Gasteiger partial charge in [-0.15, -0.1) is 0 Å². The van der Waals surface area contributed by atoms with Crippen molar-refractivity contribution in [2.45, 2.75) is 45.4 Å². The Balaban J connectivity index is 1.66. The van der Waals surface area contributed by atoms with Crippen LogP contribution >= 0.6 is 0 Å². The smallest absolute Gasteiger partial charge is 0.295 e. The van der Waals surface area contributed by atoms with Crippen LogP contribution in [0.15, 0.2) is 28.7 Å². The first-order valence-electron chi connectivity index (χ1n) is 7.94. The SMILES string of the molecule is CC1CN(C(C)(C)CNc2nc3ccccc3o2)CC(C)O1. The Hall–Kier alpha value is -1.59. The van der Waals surface area contributed by atoms with Crippen LogP contribution < -0.4 is 5.32 Å². The van der Waals surface area contributed by atoms with Gasteiger partial charge in [-0.2, -0.15) is 4.98 Å². The van der Waals surface area contributed by atoms with Gasteiger partial charge >= 0.3 is 0 Å². The van der Waals surface area contributed by atoms with Gasteiger partial charge in [0.1, 0.15) is 5.52 Å². The molecule has 1 saturated heterocycles. The standard InChI is InChI=1S/C17H25N3O2/c1-12-9-20(10-13(2)21-12)17(3,4)11-18-16-19-14-7-5-6-8-15(14)22-16/h5-8,12-13H,9-11H2,1-4H3,(H,18,19). The van der Waals surface area contributed by atoms with Crippen molar-refractivity contribution in [3.05, 3.63) is 24.3 Å². The number of morpholine rings is 1. The highest BCUT2D eigenvalue weighted by atomic mass is 16.5. The molecule has 0 amide bonds. The molecule has 22 heavy (non-hydrogen) atoms. The molecule has 3 rings (SSSR count). The molecule has 0 aliphatic carbocycles. The Bertz CT molecular complexity index is 595. The molecule has 0 spiro atoms. The highest BCUT2D eigenvalue weighted by Gasteiger charge is 2.33. The van der Waals surface area contributed by atoms with Crippen molar-refractivity contribution in [1.29, 1.82) is 0 Å². The maximum Gasteiger partial charge on any atom is 0.295 e. The summed E-state index contributed by atoms with van der Waals surface area (Å²) in [6.07, 6.45) is 0.541. The second-order valence-corrected chi connectivity index (χ2v) is 6.82. The minimum Gasteiger partial charge on any atom is -0.424 e. The van der Waals surface area contributed by atoms with Crippen LogP contribution in [0, 0.1) is 0 Å². The lowest BCUT2D eigenvalue weighted by Crippen LogP contribution is -2.57. The fraction of sp³-hybridized carbons (Fsp3) is 0.588. The maximum atomic E-state index is 5.82. The van der Waals surface area contributed by atoms with E-state index in [1.165, 1.54) is 0 Å². The van der Waals surface area contributed by atoms with Gasteiger partial charge in [0, 0.05) is 25.2 Å². The largest absolute Gasteiger partial charge is 0.424 e. The molecule has 5 nitrogen and oxygen atoms in total. The fourth-order valence-electron chi connectivity index (χ4n) is 3.02. The van der Waals surface area contributed by atoms with Crippen molar-refractivity contribution in [2.75, 3.05) is 25.0 Å². The van der Waals surface area contributed by atoms with Crippen LogP contribution in [0.1, 0.15) is 27.7 Å². The van der Waals surface area contributed by atoms with Crippen molar-refractivity contribution in [3.8, 4) is 0 Å². The van der Waals surface area contributed by atoms with E-state index >= 15 is 0 Å². The lowest BCUT2D eigenvalue weighted by molar-refractivity contribution is -0.0933. The summed E-state index contributed by atoms with van der Waals surface area (Å²) in [6, 6.07) is 8.40. The number of anilines is 1. The summed E-state index contributed by atoms with van der Waals surface area (Å²) in [6.45, 7) is 11.4. The van der Waals surface area contributed by atoms with E-state index in [1.54, 1.807) is 0 Å². The van der Waals surface area contributed by atoms with Crippen molar-refractivity contribution in [3.63, 3.8) is 0 Å². The van der Waals surface area contributed by atoms with Crippen LogP contribution in [0.3, 0.4) is 0 Å². The van der Waals surface area contributed by atoms with Crippen molar-refractivity contribution >= 4 is 17.1 Å². The van der Waals surface area contributed by atoms with Crippen molar-refractivity contribution < 1.29 is 9.15 Å². The number of ether oxygens (including phenoxy) is 1. The van der Waals surface area contributed by atoms with Crippen LogP contribution in [0.2, 0.25) is 0 Å². The summed E-state index contributed by atoms with van der Waals surface area (Å²) < 4.78 is 11.5. The van der Waals surface area contributed by atoms with Gasteiger partial charge in [-0.1, -0.05) is 12.1 Å². The first-order valence-corrected chi connectivity index (χ1v) is 7.94. The Morgan fingerprint density at radius 1 is 1.23 bits per heavy atom. The summed E-state index contributed by atoms with van der Waals surface area (Å²) in [7, 11) is 0. The minimum atomic E-state index is 0.00690. The zero-order valence-corrected chi connectivity index (χ0v) is 13.8. The van der Waals surface area contributed by atoms with E-state index in [4.69, 9.17) is 9.15 Å². The number of rotatable bonds is 4. The third kappa shape index (κ3) is 3.25. The van der Waals surface area contributed by atoms with Crippen LogP contribution in [-0.2, 0) is 4.74 Å². The van der Waals surface area contributed by atoms with Crippen LogP contribution in [0.25, 0.3) is 11.1 Å². The molecular weight excluding hydrogens is 278 g/mol. The number of aromatic nitrogens is 1. The van der Waals surface area contributed by atoms with Crippen LogP contribution in [-0.4, -0.2) is 47.3 Å². The number of benzene rings is 1. The van der Waals surface area contributed by atoms with Gasteiger partial charge in [0.25, 0.3) is 6.01 Å². The summed E-state index contributed by atoms with van der Waals surface area (Å²) in [5.41, 5.74) is 1.71. The van der Waals surface area contributed by atoms with E-state index in [1.807, 2.05) is 24.3 Å². The fourth-order valence-corrected chi connectivity index (χ4v) is 3.02. The monoisotopic (exact) mass is 303 g/mol. The van der Waals surface area contributed by atoms with Gasteiger partial charge in [0.15, 0.2) is 5.58 Å². The summed E-state index contributed by atoms with van der Waals surface area (Å²) in [5.74, 6) is 0. The van der Waals surface area contributed by atoms with E-state index in [2.05, 4.69) is 42.9 Å². The average molecular weight is 303 g/mol. The van der Waals surface area contributed by atoms with Gasteiger partial charge in [-0.05, 0) is 39.8 Å². The highest BCUT2D eigenvalue weighted by Crippen LogP contribution is 2.23. The minimum absolute atomic E-state index is 0.00690. The molecule has 0 bridgehead atoms. The van der Waals surface area contributed by atoms with Gasteiger partial charge in [0.05, 0.1) is 12.2 Å². The molecule has 2 atom stereocenters. The zero-order valence-electron chi connectivity index (χ0n) is 13.8. The molecule has 5 heteroatoms. The molecule has 2 unspecified atom stereocenters. The Labute approximate surface area is 131 Å². The van der Waals surface area contributed by atoms with E-state index in [9.17, 15) is 0 Å². The molecule has 0 radical (unpaired) electrons. The average Bonchev–Trinajstić information content (AvgIpc) is 2.87. The van der Waals surface area contributed by atoms with Crippen LogP contribution in [0.5, 0.6) is 0 Å². The molecule has 1 aliphatic heterocycles. The second-order valence-electron chi connectivity index (χ2n) is 6.82. The number of para-hydroxylation sites is 2. The summed E-state index contributed by atoms with van der Waals surface area (Å²) in [5, 5.41) is 3.34. The first-order chi connectivity index (χ1) is 10.4. The molecule has 1 aliphatic rings. The molecular formula is C17H25N3O2. The van der Waals surface area contributed by atoms with Crippen LogP contribution in [0.4, 0.5) is 6.01 Å². The predicted octanol–water partition coefficient (Wildman–Crippen LogP) is 3.13. The quantitative estimate of drug-likeness (QED) is 0.940. The molecule has 2 heterocycles. The normalized spacial score (nSPS) is 23.8. The number of hydrogen-bond acceptors (Lipinski definition) is 5. The first kappa shape index (κ1) is 15.3. The van der Waals surface area contributed by atoms with E-state index in [0.29, 0.717) is 6.01 Å². The molecule has 120 valence electrons. The molecule has 1 N–H and O–H groups in total. The van der Waals surface area contributed by atoms with E-state index in [0.717, 1.165) is 30.7 Å². The number of oxazole rings is 1. The molecule has 1 aromatic heterocycles. The number of hydrogen-bond donors (Lipinski definition) is 1. The third-order valence-corrected chi connectivity index (χ3v) is 4.24. The van der Waals surface area contributed by atoms with Gasteiger partial charge in [-0.3, -0.25) is 4.90 Å². The third-order valence-electron chi connectivity index (χ3n) is 4.24. The second kappa shape index (κ2) is 5.89. The number of nitrogens with zero attached hydrogens (tertiary/aromatic N) is 2. The molecule has 2 aromatic rings. The summed E-state index contributed by atoms with van der Waals surface area (Å²) >= 11 is 0. The molecule has 1 fully saturated rings. The Kier molecular flexibility index (Phi) is 4.10. The van der Waals surface area contributed by atoms with Crippen molar-refractivity contribution in [1.82, 2.24) is 9.88 Å².